The normalized spacial score (nSPS) is 11.0. The van der Waals surface area contributed by atoms with Gasteiger partial charge in [0.2, 0.25) is 0 Å². The van der Waals surface area contributed by atoms with Gasteiger partial charge in [-0.25, -0.2) is 0 Å². The number of furan rings is 1. The Morgan fingerprint density at radius 2 is 1.56 bits per heavy atom. The molecule has 0 amide bonds. The van der Waals surface area contributed by atoms with E-state index in [0.717, 1.165) is 35.6 Å². The summed E-state index contributed by atoms with van der Waals surface area (Å²) in [7, 11) is 0. The highest BCUT2D eigenvalue weighted by Crippen LogP contribution is 2.28. The molecular formula is C19H15Cl4NO. The maximum absolute atomic E-state index is 6.17. The van der Waals surface area contributed by atoms with E-state index in [1.54, 1.807) is 12.1 Å². The van der Waals surface area contributed by atoms with Gasteiger partial charge in [0.05, 0.1) is 6.54 Å². The Morgan fingerprint density at radius 3 is 2.28 bits per heavy atom. The van der Waals surface area contributed by atoms with E-state index in [4.69, 9.17) is 50.8 Å². The molecular weight excluding hydrogens is 400 g/mol. The van der Waals surface area contributed by atoms with Crippen molar-refractivity contribution in [1.82, 2.24) is 5.32 Å². The van der Waals surface area contributed by atoms with Crippen LogP contribution in [0.4, 0.5) is 0 Å². The topological polar surface area (TPSA) is 25.2 Å². The third-order valence-electron chi connectivity index (χ3n) is 3.69. The van der Waals surface area contributed by atoms with Crippen molar-refractivity contribution in [3.05, 3.63) is 79.9 Å². The van der Waals surface area contributed by atoms with Gasteiger partial charge in [0.25, 0.3) is 0 Å². The van der Waals surface area contributed by atoms with Crippen LogP contribution in [0.2, 0.25) is 20.1 Å². The molecule has 0 spiro atoms. The molecule has 130 valence electrons. The van der Waals surface area contributed by atoms with Crippen LogP contribution in [0.3, 0.4) is 0 Å². The minimum Gasteiger partial charge on any atom is -0.460 e. The molecule has 0 saturated carbocycles. The molecule has 2 nitrogen and oxygen atoms in total. The third kappa shape index (κ3) is 5.16. The molecule has 0 unspecified atom stereocenters. The van der Waals surface area contributed by atoms with Gasteiger partial charge in [-0.15, -0.1) is 0 Å². The maximum atomic E-state index is 6.17. The van der Waals surface area contributed by atoms with Crippen LogP contribution in [0.5, 0.6) is 0 Å². The number of hydrogen-bond donors (Lipinski definition) is 1. The second-order valence-electron chi connectivity index (χ2n) is 5.59. The zero-order valence-electron chi connectivity index (χ0n) is 13.2. The van der Waals surface area contributed by atoms with Crippen molar-refractivity contribution in [3.63, 3.8) is 0 Å². The molecule has 0 atom stereocenters. The highest BCUT2D eigenvalue weighted by molar-refractivity contribution is 6.35. The SMILES string of the molecule is Clc1cc(Cl)cc(-c2ccc(CNCCc3ccc(Cl)cc3Cl)o2)c1. The summed E-state index contributed by atoms with van der Waals surface area (Å²) in [6, 6.07) is 14.7. The molecule has 1 aromatic heterocycles. The van der Waals surface area contributed by atoms with Gasteiger partial charge >= 0.3 is 0 Å². The summed E-state index contributed by atoms with van der Waals surface area (Å²) in [4.78, 5) is 0. The van der Waals surface area contributed by atoms with Crippen molar-refractivity contribution in [2.45, 2.75) is 13.0 Å². The minimum absolute atomic E-state index is 0.582. The summed E-state index contributed by atoms with van der Waals surface area (Å²) in [5.41, 5.74) is 1.92. The van der Waals surface area contributed by atoms with Crippen LogP contribution in [0.1, 0.15) is 11.3 Å². The zero-order chi connectivity index (χ0) is 17.8. The monoisotopic (exact) mass is 413 g/mol. The molecule has 1 N–H and O–H groups in total. The van der Waals surface area contributed by atoms with E-state index in [1.807, 2.05) is 36.4 Å². The van der Waals surface area contributed by atoms with Gasteiger partial charge < -0.3 is 9.73 Å². The molecule has 3 rings (SSSR count). The van der Waals surface area contributed by atoms with E-state index in [1.165, 1.54) is 0 Å². The van der Waals surface area contributed by atoms with Gasteiger partial charge in [0.1, 0.15) is 11.5 Å². The van der Waals surface area contributed by atoms with Crippen molar-refractivity contribution in [2.24, 2.45) is 0 Å². The smallest absolute Gasteiger partial charge is 0.134 e. The Labute approximate surface area is 166 Å². The number of hydrogen-bond acceptors (Lipinski definition) is 2. The first-order chi connectivity index (χ1) is 12.0. The van der Waals surface area contributed by atoms with Gasteiger partial charge in [-0.1, -0.05) is 52.5 Å². The summed E-state index contributed by atoms with van der Waals surface area (Å²) >= 11 is 24.1. The largest absolute Gasteiger partial charge is 0.460 e. The fourth-order valence-corrected chi connectivity index (χ4v) is 3.51. The van der Waals surface area contributed by atoms with Crippen LogP contribution in [0.15, 0.2) is 52.9 Å². The standard InChI is InChI=1S/C19H15Cl4NO/c20-14-2-1-12(18(23)10-14)5-6-24-11-17-3-4-19(25-17)13-7-15(21)9-16(22)8-13/h1-4,7-10,24H,5-6,11H2. The fraction of sp³-hybridized carbons (Fsp3) is 0.158. The Balaban J connectivity index is 1.55. The van der Waals surface area contributed by atoms with Crippen molar-refractivity contribution >= 4 is 46.4 Å². The molecule has 25 heavy (non-hydrogen) atoms. The molecule has 0 bridgehead atoms. The molecule has 0 fully saturated rings. The molecule has 0 aliphatic rings. The lowest BCUT2D eigenvalue weighted by atomic mass is 10.1. The van der Waals surface area contributed by atoms with Gasteiger partial charge in [0, 0.05) is 25.7 Å². The van der Waals surface area contributed by atoms with Crippen LogP contribution in [0.25, 0.3) is 11.3 Å². The maximum Gasteiger partial charge on any atom is 0.134 e. The van der Waals surface area contributed by atoms with Crippen LogP contribution in [-0.2, 0) is 13.0 Å². The molecule has 0 aliphatic heterocycles. The minimum atomic E-state index is 0.582. The number of rotatable bonds is 6. The van der Waals surface area contributed by atoms with E-state index >= 15 is 0 Å². The lowest BCUT2D eigenvalue weighted by molar-refractivity contribution is 0.495. The summed E-state index contributed by atoms with van der Waals surface area (Å²) in [6.07, 6.45) is 0.813. The predicted octanol–water partition coefficient (Wildman–Crippen LogP) is 6.89. The Morgan fingerprint density at radius 1 is 0.800 bits per heavy atom. The third-order valence-corrected chi connectivity index (χ3v) is 4.72. The van der Waals surface area contributed by atoms with Crippen LogP contribution < -0.4 is 5.32 Å². The zero-order valence-corrected chi connectivity index (χ0v) is 16.2. The van der Waals surface area contributed by atoms with E-state index in [-0.39, 0.29) is 0 Å². The molecule has 6 heteroatoms. The second-order valence-corrected chi connectivity index (χ2v) is 7.30. The average molecular weight is 415 g/mol. The van der Waals surface area contributed by atoms with Gasteiger partial charge in [0.15, 0.2) is 0 Å². The molecule has 2 aromatic carbocycles. The van der Waals surface area contributed by atoms with Gasteiger partial charge in [-0.2, -0.15) is 0 Å². The van der Waals surface area contributed by atoms with Crippen LogP contribution >= 0.6 is 46.4 Å². The summed E-state index contributed by atoms with van der Waals surface area (Å²) in [6.45, 7) is 1.40. The highest BCUT2D eigenvalue weighted by atomic mass is 35.5. The molecule has 0 aliphatic carbocycles. The Kier molecular flexibility index (Phi) is 6.32. The first kappa shape index (κ1) is 18.6. The first-order valence-electron chi connectivity index (χ1n) is 7.71. The second kappa shape index (κ2) is 8.48. The molecule has 3 aromatic rings. The number of halogens is 4. The number of benzene rings is 2. The van der Waals surface area contributed by atoms with Crippen molar-refractivity contribution in [2.75, 3.05) is 6.54 Å². The molecule has 0 radical (unpaired) electrons. The number of nitrogens with one attached hydrogen (secondary N) is 1. The summed E-state index contributed by atoms with van der Waals surface area (Å²) < 4.78 is 5.85. The lowest BCUT2D eigenvalue weighted by Crippen LogP contribution is -2.16. The molecule has 1 heterocycles. The quantitative estimate of drug-likeness (QED) is 0.444. The van der Waals surface area contributed by atoms with Crippen molar-refractivity contribution in [3.8, 4) is 11.3 Å². The van der Waals surface area contributed by atoms with Gasteiger partial charge in [-0.05, 0) is 61.0 Å². The van der Waals surface area contributed by atoms with E-state index < -0.39 is 0 Å². The highest BCUT2D eigenvalue weighted by Gasteiger charge is 2.07. The summed E-state index contributed by atoms with van der Waals surface area (Å²) in [5, 5.41) is 5.84. The predicted molar refractivity (Wildman–Crippen MR) is 106 cm³/mol. The van der Waals surface area contributed by atoms with Crippen molar-refractivity contribution in [1.29, 1.82) is 0 Å². The fourth-order valence-electron chi connectivity index (χ4n) is 2.48. The average Bonchev–Trinajstić information content (AvgIpc) is 3.01. The first-order valence-corrected chi connectivity index (χ1v) is 9.22. The van der Waals surface area contributed by atoms with E-state index in [2.05, 4.69) is 5.32 Å². The van der Waals surface area contributed by atoms with Gasteiger partial charge in [-0.3, -0.25) is 0 Å². The van der Waals surface area contributed by atoms with E-state index in [0.29, 0.717) is 26.6 Å². The van der Waals surface area contributed by atoms with Crippen LogP contribution in [0, 0.1) is 0 Å². The van der Waals surface area contributed by atoms with Crippen molar-refractivity contribution < 1.29 is 4.42 Å². The van der Waals surface area contributed by atoms with E-state index in [9.17, 15) is 0 Å². The van der Waals surface area contributed by atoms with Crippen LogP contribution in [-0.4, -0.2) is 6.54 Å². The summed E-state index contributed by atoms with van der Waals surface area (Å²) in [5.74, 6) is 1.58. The Hall–Kier alpha value is -1.16. The molecule has 0 saturated heterocycles. The lowest BCUT2D eigenvalue weighted by Gasteiger charge is -2.06. The Bertz CT molecular complexity index is 855.